The fourth-order valence-corrected chi connectivity index (χ4v) is 3.08. The SMILES string of the molecule is COc1cc(OC)nc(SC(/C=N/Nc2ccccc2Cl)C(C)(C)C)n1. The van der Waals surface area contributed by atoms with Crippen molar-refractivity contribution in [3.05, 3.63) is 35.4 Å². The Morgan fingerprint density at radius 2 is 1.77 bits per heavy atom. The van der Waals surface area contributed by atoms with Crippen molar-refractivity contribution in [3.63, 3.8) is 0 Å². The molecule has 0 spiro atoms. The topological polar surface area (TPSA) is 68.6 Å². The molecule has 0 amide bonds. The van der Waals surface area contributed by atoms with Crippen LogP contribution in [0.4, 0.5) is 5.69 Å². The molecule has 6 nitrogen and oxygen atoms in total. The van der Waals surface area contributed by atoms with Gasteiger partial charge in [-0.05, 0) is 17.5 Å². The molecule has 1 unspecified atom stereocenters. The number of hydrazone groups is 1. The number of para-hydroxylation sites is 1. The molecule has 0 fully saturated rings. The molecule has 0 bridgehead atoms. The van der Waals surface area contributed by atoms with Gasteiger partial charge in [-0.2, -0.15) is 15.1 Å². The zero-order chi connectivity index (χ0) is 19.2. The van der Waals surface area contributed by atoms with Crippen molar-refractivity contribution in [3.8, 4) is 11.8 Å². The number of thioether (sulfide) groups is 1. The highest BCUT2D eigenvalue weighted by Crippen LogP contribution is 2.34. The summed E-state index contributed by atoms with van der Waals surface area (Å²) in [5.41, 5.74) is 3.66. The molecule has 0 saturated heterocycles. The van der Waals surface area contributed by atoms with E-state index in [1.54, 1.807) is 20.3 Å². The van der Waals surface area contributed by atoms with Gasteiger partial charge in [-0.15, -0.1) is 0 Å². The molecule has 0 aliphatic heterocycles. The van der Waals surface area contributed by atoms with Crippen LogP contribution >= 0.6 is 23.4 Å². The lowest BCUT2D eigenvalue weighted by Gasteiger charge is -2.26. The molecule has 1 aromatic heterocycles. The Labute approximate surface area is 163 Å². The van der Waals surface area contributed by atoms with Crippen LogP contribution < -0.4 is 14.9 Å². The van der Waals surface area contributed by atoms with E-state index in [9.17, 15) is 0 Å². The van der Waals surface area contributed by atoms with Crippen molar-refractivity contribution in [2.45, 2.75) is 31.2 Å². The second kappa shape index (κ2) is 9.09. The van der Waals surface area contributed by atoms with Gasteiger partial charge in [-0.25, -0.2) is 0 Å². The highest BCUT2D eigenvalue weighted by Gasteiger charge is 2.26. The number of nitrogens with zero attached hydrogens (tertiary/aromatic N) is 3. The summed E-state index contributed by atoms with van der Waals surface area (Å²) in [6, 6.07) is 9.10. The molecule has 1 heterocycles. The second-order valence-electron chi connectivity index (χ2n) is 6.51. The summed E-state index contributed by atoms with van der Waals surface area (Å²) in [4.78, 5) is 8.76. The van der Waals surface area contributed by atoms with Gasteiger partial charge in [0, 0.05) is 6.21 Å². The highest BCUT2D eigenvalue weighted by molar-refractivity contribution is 8.00. The number of hydrogen-bond acceptors (Lipinski definition) is 7. The first-order valence-corrected chi connectivity index (χ1v) is 9.26. The zero-order valence-corrected chi connectivity index (χ0v) is 17.1. The molecular formula is C18H23ClN4O2S. The normalized spacial score (nSPS) is 12.8. The molecule has 8 heteroatoms. The predicted octanol–water partition coefficient (Wildman–Crippen LogP) is 4.75. The van der Waals surface area contributed by atoms with Crippen LogP contribution in [0.1, 0.15) is 20.8 Å². The fourth-order valence-electron chi connectivity index (χ4n) is 1.92. The molecular weight excluding hydrogens is 372 g/mol. The van der Waals surface area contributed by atoms with E-state index in [1.807, 2.05) is 30.5 Å². The zero-order valence-electron chi connectivity index (χ0n) is 15.5. The summed E-state index contributed by atoms with van der Waals surface area (Å²) in [6.07, 6.45) is 1.84. The van der Waals surface area contributed by atoms with Gasteiger partial charge in [0.1, 0.15) is 0 Å². The Balaban J connectivity index is 2.18. The molecule has 1 N–H and O–H groups in total. The fraction of sp³-hybridized carbons (Fsp3) is 0.389. The van der Waals surface area contributed by atoms with Crippen LogP contribution in [-0.4, -0.2) is 35.7 Å². The Bertz CT molecular complexity index is 743. The van der Waals surface area contributed by atoms with Crippen molar-refractivity contribution in [2.75, 3.05) is 19.6 Å². The summed E-state index contributed by atoms with van der Waals surface area (Å²) >= 11 is 7.63. The van der Waals surface area contributed by atoms with Gasteiger partial charge in [0.2, 0.25) is 11.8 Å². The summed E-state index contributed by atoms with van der Waals surface area (Å²) in [5, 5.41) is 5.54. The number of halogens is 1. The largest absolute Gasteiger partial charge is 0.481 e. The van der Waals surface area contributed by atoms with Gasteiger partial charge in [0.05, 0.1) is 36.2 Å². The first-order valence-electron chi connectivity index (χ1n) is 8.01. The van der Waals surface area contributed by atoms with Crippen LogP contribution in [0, 0.1) is 5.41 Å². The number of anilines is 1. The Morgan fingerprint density at radius 1 is 1.15 bits per heavy atom. The maximum atomic E-state index is 6.14. The molecule has 140 valence electrons. The standard InChI is InChI=1S/C18H23ClN4O2S/c1-18(2,3)14(11-20-23-13-9-7-6-8-12(13)19)26-17-21-15(24-4)10-16(22-17)25-5/h6-11,14,23H,1-5H3/b20-11+. The summed E-state index contributed by atoms with van der Waals surface area (Å²) < 4.78 is 10.4. The van der Waals surface area contributed by atoms with Crippen LogP contribution in [0.15, 0.2) is 40.6 Å². The molecule has 0 radical (unpaired) electrons. The number of rotatable bonds is 7. The van der Waals surface area contributed by atoms with Gasteiger partial charge >= 0.3 is 0 Å². The number of methoxy groups -OCH3 is 2. The first kappa shape index (κ1) is 20.3. The highest BCUT2D eigenvalue weighted by atomic mass is 35.5. The molecule has 26 heavy (non-hydrogen) atoms. The van der Waals surface area contributed by atoms with E-state index in [0.29, 0.717) is 21.9 Å². The van der Waals surface area contributed by atoms with Crippen molar-refractivity contribution in [1.82, 2.24) is 9.97 Å². The molecule has 2 aromatic rings. The third kappa shape index (κ3) is 5.78. The number of aromatic nitrogens is 2. The van der Waals surface area contributed by atoms with E-state index in [-0.39, 0.29) is 10.7 Å². The summed E-state index contributed by atoms with van der Waals surface area (Å²) in [6.45, 7) is 6.39. The minimum absolute atomic E-state index is 0.00861. The number of benzene rings is 1. The number of nitrogens with one attached hydrogen (secondary N) is 1. The lowest BCUT2D eigenvalue weighted by Crippen LogP contribution is -2.25. The minimum Gasteiger partial charge on any atom is -0.481 e. The molecule has 0 aliphatic carbocycles. The van der Waals surface area contributed by atoms with E-state index in [2.05, 4.69) is 41.3 Å². The van der Waals surface area contributed by atoms with Gasteiger partial charge in [0.25, 0.3) is 0 Å². The molecule has 1 atom stereocenters. The molecule has 2 rings (SSSR count). The second-order valence-corrected chi connectivity index (χ2v) is 8.03. The average Bonchev–Trinajstić information content (AvgIpc) is 2.61. The van der Waals surface area contributed by atoms with Crippen LogP contribution in [0.5, 0.6) is 11.8 Å². The smallest absolute Gasteiger partial charge is 0.220 e. The third-order valence-corrected chi connectivity index (χ3v) is 5.24. The van der Waals surface area contributed by atoms with Gasteiger partial charge < -0.3 is 9.47 Å². The van der Waals surface area contributed by atoms with E-state index in [1.165, 1.54) is 11.8 Å². The van der Waals surface area contributed by atoms with E-state index in [4.69, 9.17) is 21.1 Å². The summed E-state index contributed by atoms with van der Waals surface area (Å²) in [7, 11) is 3.12. The molecule has 1 aromatic carbocycles. The van der Waals surface area contributed by atoms with Crippen molar-refractivity contribution in [2.24, 2.45) is 10.5 Å². The first-order chi connectivity index (χ1) is 12.3. The Morgan fingerprint density at radius 3 is 2.31 bits per heavy atom. The minimum atomic E-state index is -0.0734. The number of ether oxygens (including phenoxy) is 2. The Kier molecular flexibility index (Phi) is 7.11. The van der Waals surface area contributed by atoms with Crippen LogP contribution in [0.2, 0.25) is 5.02 Å². The number of hydrogen-bond donors (Lipinski definition) is 1. The summed E-state index contributed by atoms with van der Waals surface area (Å²) in [5.74, 6) is 0.913. The third-order valence-electron chi connectivity index (χ3n) is 3.43. The van der Waals surface area contributed by atoms with Gasteiger partial charge in [-0.1, -0.05) is 56.3 Å². The quantitative estimate of drug-likeness (QED) is 0.316. The Hall–Kier alpha value is -1.99. The van der Waals surface area contributed by atoms with E-state index < -0.39 is 0 Å². The predicted molar refractivity (Wildman–Crippen MR) is 108 cm³/mol. The van der Waals surface area contributed by atoms with E-state index in [0.717, 1.165) is 5.69 Å². The van der Waals surface area contributed by atoms with Crippen molar-refractivity contribution < 1.29 is 9.47 Å². The lowest BCUT2D eigenvalue weighted by molar-refractivity contribution is 0.364. The van der Waals surface area contributed by atoms with Gasteiger partial charge in [-0.3, -0.25) is 5.43 Å². The van der Waals surface area contributed by atoms with E-state index >= 15 is 0 Å². The van der Waals surface area contributed by atoms with Crippen LogP contribution in [0.25, 0.3) is 0 Å². The monoisotopic (exact) mass is 394 g/mol. The lowest BCUT2D eigenvalue weighted by atomic mass is 9.92. The molecule has 0 saturated carbocycles. The maximum absolute atomic E-state index is 6.14. The average molecular weight is 395 g/mol. The van der Waals surface area contributed by atoms with Crippen LogP contribution in [0.3, 0.4) is 0 Å². The molecule has 0 aliphatic rings. The van der Waals surface area contributed by atoms with Crippen molar-refractivity contribution in [1.29, 1.82) is 0 Å². The van der Waals surface area contributed by atoms with Crippen molar-refractivity contribution >= 4 is 35.3 Å². The van der Waals surface area contributed by atoms with Crippen LogP contribution in [-0.2, 0) is 0 Å². The van der Waals surface area contributed by atoms with Gasteiger partial charge in [0.15, 0.2) is 5.16 Å². The maximum Gasteiger partial charge on any atom is 0.220 e.